The van der Waals surface area contributed by atoms with Crippen LogP contribution in [-0.4, -0.2) is 44.8 Å². The zero-order valence-electron chi connectivity index (χ0n) is 12.0. The van der Waals surface area contributed by atoms with Crippen molar-refractivity contribution in [3.05, 3.63) is 42.0 Å². The highest BCUT2D eigenvalue weighted by molar-refractivity contribution is 5.76. The van der Waals surface area contributed by atoms with E-state index in [1.165, 1.54) is 0 Å². The Morgan fingerprint density at radius 1 is 1.43 bits per heavy atom. The number of nitrogens with zero attached hydrogens (tertiary/aromatic N) is 3. The fourth-order valence-electron chi connectivity index (χ4n) is 2.76. The average Bonchev–Trinajstić information content (AvgIpc) is 3.14. The lowest BCUT2D eigenvalue weighted by atomic mass is 10.0. The molecule has 1 aliphatic rings. The highest BCUT2D eigenvalue weighted by atomic mass is 16.5. The first-order chi connectivity index (χ1) is 10.1. The van der Waals surface area contributed by atoms with Gasteiger partial charge in [0.15, 0.2) is 0 Å². The molecular weight excluding hydrogens is 270 g/mol. The first kappa shape index (κ1) is 13.9. The number of carbonyl (C=O) groups is 1. The molecule has 2 aromatic heterocycles. The van der Waals surface area contributed by atoms with Crippen molar-refractivity contribution >= 4 is 5.91 Å². The molecule has 3 heterocycles. The molecule has 3 rings (SSSR count). The molecule has 21 heavy (non-hydrogen) atoms. The van der Waals surface area contributed by atoms with Crippen molar-refractivity contribution in [2.75, 3.05) is 13.1 Å². The topological polar surface area (TPSA) is 71.5 Å². The summed E-state index contributed by atoms with van der Waals surface area (Å²) in [7, 11) is 0. The largest absolute Gasteiger partial charge is 0.391 e. The van der Waals surface area contributed by atoms with Gasteiger partial charge in [0.25, 0.3) is 0 Å². The summed E-state index contributed by atoms with van der Waals surface area (Å²) in [6, 6.07) is 5.65. The fraction of sp³-hybridized carbons (Fsp3) is 0.467. The van der Waals surface area contributed by atoms with Crippen LogP contribution in [0.5, 0.6) is 0 Å². The van der Waals surface area contributed by atoms with Gasteiger partial charge in [-0.25, -0.2) is 0 Å². The number of carbonyl (C=O) groups excluding carboxylic acids is 1. The normalized spacial score (nSPS) is 21.9. The van der Waals surface area contributed by atoms with Crippen LogP contribution in [0.1, 0.15) is 11.5 Å². The molecule has 1 N–H and O–H groups in total. The molecule has 6 nitrogen and oxygen atoms in total. The van der Waals surface area contributed by atoms with E-state index in [1.54, 1.807) is 4.90 Å². The first-order valence-corrected chi connectivity index (χ1v) is 7.10. The second kappa shape index (κ2) is 5.73. The van der Waals surface area contributed by atoms with Gasteiger partial charge >= 0.3 is 0 Å². The van der Waals surface area contributed by atoms with Crippen molar-refractivity contribution in [3.63, 3.8) is 0 Å². The van der Waals surface area contributed by atoms with E-state index >= 15 is 0 Å². The SMILES string of the molecule is Cc1cc(CC2CN(C(=O)Cn3cccc3)CC2O)on1. The lowest BCUT2D eigenvalue weighted by Gasteiger charge is -2.16. The van der Waals surface area contributed by atoms with Crippen LogP contribution in [0.3, 0.4) is 0 Å². The maximum absolute atomic E-state index is 12.2. The van der Waals surface area contributed by atoms with Gasteiger partial charge in [0.2, 0.25) is 5.91 Å². The Kier molecular flexibility index (Phi) is 3.79. The standard InChI is InChI=1S/C15H19N3O3/c1-11-6-13(21-16-11)7-12-8-18(9-14(12)19)15(20)10-17-4-2-3-5-17/h2-6,12,14,19H,7-10H2,1H3. The van der Waals surface area contributed by atoms with Gasteiger partial charge in [-0.05, 0) is 19.1 Å². The number of aromatic nitrogens is 2. The highest BCUT2D eigenvalue weighted by Gasteiger charge is 2.34. The lowest BCUT2D eigenvalue weighted by molar-refractivity contribution is -0.131. The Hall–Kier alpha value is -2.08. The van der Waals surface area contributed by atoms with Gasteiger partial charge in [-0.15, -0.1) is 0 Å². The fourth-order valence-corrected chi connectivity index (χ4v) is 2.76. The van der Waals surface area contributed by atoms with Crippen LogP contribution in [0.25, 0.3) is 0 Å². The number of amides is 1. The van der Waals surface area contributed by atoms with E-state index in [9.17, 15) is 9.90 Å². The number of aryl methyl sites for hydroxylation is 1. The van der Waals surface area contributed by atoms with Crippen molar-refractivity contribution in [2.45, 2.75) is 26.0 Å². The molecular formula is C15H19N3O3. The van der Waals surface area contributed by atoms with Crippen LogP contribution < -0.4 is 0 Å². The van der Waals surface area contributed by atoms with Crippen LogP contribution in [0.15, 0.2) is 35.1 Å². The third kappa shape index (κ3) is 3.16. The van der Waals surface area contributed by atoms with Gasteiger partial charge in [0, 0.05) is 43.9 Å². The molecule has 2 aromatic rings. The summed E-state index contributed by atoms with van der Waals surface area (Å²) in [6.45, 7) is 3.12. The summed E-state index contributed by atoms with van der Waals surface area (Å²) in [6.07, 6.45) is 3.82. The molecule has 0 saturated carbocycles. The van der Waals surface area contributed by atoms with E-state index in [0.717, 1.165) is 11.5 Å². The Morgan fingerprint density at radius 3 is 2.86 bits per heavy atom. The summed E-state index contributed by atoms with van der Waals surface area (Å²) in [5.41, 5.74) is 0.832. The van der Waals surface area contributed by atoms with Crippen molar-refractivity contribution in [1.29, 1.82) is 0 Å². The van der Waals surface area contributed by atoms with E-state index in [1.807, 2.05) is 42.1 Å². The van der Waals surface area contributed by atoms with Crippen LogP contribution >= 0.6 is 0 Å². The summed E-state index contributed by atoms with van der Waals surface area (Å²) in [4.78, 5) is 13.9. The molecule has 2 unspecified atom stereocenters. The Labute approximate surface area is 123 Å². The van der Waals surface area contributed by atoms with E-state index in [-0.39, 0.29) is 11.8 Å². The van der Waals surface area contributed by atoms with Gasteiger partial charge < -0.3 is 19.1 Å². The molecule has 0 spiro atoms. The molecule has 1 amide bonds. The van der Waals surface area contributed by atoms with E-state index in [2.05, 4.69) is 5.16 Å². The van der Waals surface area contributed by atoms with E-state index in [4.69, 9.17) is 4.52 Å². The molecule has 2 atom stereocenters. The van der Waals surface area contributed by atoms with Crippen LogP contribution in [0.2, 0.25) is 0 Å². The predicted molar refractivity (Wildman–Crippen MR) is 75.5 cm³/mol. The monoisotopic (exact) mass is 289 g/mol. The molecule has 6 heteroatoms. The van der Waals surface area contributed by atoms with Crippen LogP contribution in [0.4, 0.5) is 0 Å². The van der Waals surface area contributed by atoms with Gasteiger partial charge in [-0.1, -0.05) is 5.16 Å². The summed E-state index contributed by atoms with van der Waals surface area (Å²) in [5.74, 6) is 0.795. The minimum atomic E-state index is -0.510. The molecule has 112 valence electrons. The number of rotatable bonds is 4. The van der Waals surface area contributed by atoms with Gasteiger partial charge in [0.1, 0.15) is 12.3 Å². The summed E-state index contributed by atoms with van der Waals surface area (Å²) in [5, 5.41) is 14.0. The van der Waals surface area contributed by atoms with Gasteiger partial charge in [-0.2, -0.15) is 0 Å². The third-order valence-corrected chi connectivity index (χ3v) is 3.88. The van der Waals surface area contributed by atoms with Gasteiger partial charge in [0.05, 0.1) is 11.8 Å². The molecule has 1 saturated heterocycles. The number of aliphatic hydroxyl groups is 1. The number of likely N-dealkylation sites (tertiary alicyclic amines) is 1. The maximum atomic E-state index is 12.2. The maximum Gasteiger partial charge on any atom is 0.242 e. The van der Waals surface area contributed by atoms with Crippen LogP contribution in [0, 0.1) is 12.8 Å². The molecule has 0 bridgehead atoms. The molecule has 0 radical (unpaired) electrons. The molecule has 1 aliphatic heterocycles. The zero-order valence-corrected chi connectivity index (χ0v) is 12.0. The van der Waals surface area contributed by atoms with Crippen LogP contribution in [-0.2, 0) is 17.8 Å². The number of hydrogen-bond acceptors (Lipinski definition) is 4. The van der Waals surface area contributed by atoms with Gasteiger partial charge in [-0.3, -0.25) is 4.79 Å². The quantitative estimate of drug-likeness (QED) is 0.905. The van der Waals surface area contributed by atoms with Crippen molar-refractivity contribution < 1.29 is 14.4 Å². The Morgan fingerprint density at radius 2 is 2.19 bits per heavy atom. The summed E-state index contributed by atoms with van der Waals surface area (Å²) < 4.78 is 7.02. The molecule has 1 fully saturated rings. The zero-order chi connectivity index (χ0) is 14.8. The average molecular weight is 289 g/mol. The van der Waals surface area contributed by atoms with E-state index in [0.29, 0.717) is 26.1 Å². The Balaban J connectivity index is 1.58. The minimum absolute atomic E-state index is 0.00552. The second-order valence-corrected chi connectivity index (χ2v) is 5.62. The predicted octanol–water partition coefficient (Wildman–Crippen LogP) is 0.847. The Bertz CT molecular complexity index is 605. The van der Waals surface area contributed by atoms with E-state index < -0.39 is 6.10 Å². The number of aliphatic hydroxyl groups excluding tert-OH is 1. The highest BCUT2D eigenvalue weighted by Crippen LogP contribution is 2.22. The molecule has 0 aliphatic carbocycles. The number of β-amino-alcohol motifs (C(OH)–C–C–N with tert-alkyl or cyclic N) is 1. The van der Waals surface area contributed by atoms with Crippen molar-refractivity contribution in [2.24, 2.45) is 5.92 Å². The van der Waals surface area contributed by atoms with Crippen molar-refractivity contribution in [3.8, 4) is 0 Å². The lowest BCUT2D eigenvalue weighted by Crippen LogP contribution is -2.32. The first-order valence-electron chi connectivity index (χ1n) is 7.10. The number of hydrogen-bond donors (Lipinski definition) is 1. The van der Waals surface area contributed by atoms with Crippen molar-refractivity contribution in [1.82, 2.24) is 14.6 Å². The third-order valence-electron chi connectivity index (χ3n) is 3.88. The minimum Gasteiger partial charge on any atom is -0.391 e. The smallest absolute Gasteiger partial charge is 0.242 e. The summed E-state index contributed by atoms with van der Waals surface area (Å²) >= 11 is 0. The molecule has 0 aromatic carbocycles. The second-order valence-electron chi connectivity index (χ2n) is 5.62.